The van der Waals surface area contributed by atoms with Gasteiger partial charge in [0.25, 0.3) is 5.91 Å². The SMILES string of the molecule is CC1=NC2=C(C(=O)NC2(C)C)C(c2ccc3n[nH]c(C)c3c2)C1C#N. The number of nitriles is 1. The van der Waals surface area contributed by atoms with Gasteiger partial charge in [0.2, 0.25) is 0 Å². The highest BCUT2D eigenvalue weighted by Gasteiger charge is 2.47. The Balaban J connectivity index is 1.96. The summed E-state index contributed by atoms with van der Waals surface area (Å²) in [7, 11) is 0. The second-order valence-electron chi connectivity index (χ2n) is 7.30. The van der Waals surface area contributed by atoms with E-state index in [0.29, 0.717) is 5.57 Å². The lowest BCUT2D eigenvalue weighted by atomic mass is 9.75. The van der Waals surface area contributed by atoms with Gasteiger partial charge in [-0.2, -0.15) is 10.4 Å². The van der Waals surface area contributed by atoms with Crippen molar-refractivity contribution in [3.63, 3.8) is 0 Å². The van der Waals surface area contributed by atoms with Gasteiger partial charge in [-0.3, -0.25) is 14.9 Å². The normalized spacial score (nSPS) is 24.8. The number of carbonyl (C=O) groups is 1. The third kappa shape index (κ3) is 2.12. The van der Waals surface area contributed by atoms with E-state index in [-0.39, 0.29) is 11.8 Å². The fraction of sp³-hybridized carbons (Fsp3) is 0.368. The van der Waals surface area contributed by atoms with Crippen molar-refractivity contribution >= 4 is 22.5 Å². The first-order valence-electron chi connectivity index (χ1n) is 8.30. The molecule has 0 spiro atoms. The molecule has 25 heavy (non-hydrogen) atoms. The van der Waals surface area contributed by atoms with Gasteiger partial charge in [-0.05, 0) is 45.4 Å². The average Bonchev–Trinajstić information content (AvgIpc) is 3.03. The topological polar surface area (TPSA) is 93.9 Å². The largest absolute Gasteiger partial charge is 0.342 e. The second-order valence-corrected chi connectivity index (χ2v) is 7.30. The summed E-state index contributed by atoms with van der Waals surface area (Å²) in [5, 5.41) is 21.0. The van der Waals surface area contributed by atoms with Crippen molar-refractivity contribution in [3.05, 3.63) is 40.7 Å². The van der Waals surface area contributed by atoms with Gasteiger partial charge in [-0.25, -0.2) is 0 Å². The molecule has 0 aliphatic carbocycles. The van der Waals surface area contributed by atoms with Crippen LogP contribution in [-0.2, 0) is 4.79 Å². The summed E-state index contributed by atoms with van der Waals surface area (Å²) in [6, 6.07) is 8.27. The Morgan fingerprint density at radius 3 is 2.76 bits per heavy atom. The molecule has 2 aliphatic rings. The third-order valence-corrected chi connectivity index (χ3v) is 5.17. The minimum absolute atomic E-state index is 0.134. The Labute approximate surface area is 145 Å². The molecule has 0 fully saturated rings. The van der Waals surface area contributed by atoms with Crippen LogP contribution in [0.1, 0.15) is 37.9 Å². The predicted octanol–water partition coefficient (Wildman–Crippen LogP) is 2.73. The number of nitrogens with one attached hydrogen (secondary N) is 2. The quantitative estimate of drug-likeness (QED) is 0.840. The Morgan fingerprint density at radius 2 is 2.04 bits per heavy atom. The van der Waals surface area contributed by atoms with Crippen LogP contribution < -0.4 is 5.32 Å². The molecule has 1 aromatic carbocycles. The molecular formula is C19H19N5O. The van der Waals surface area contributed by atoms with Crippen LogP contribution in [0.15, 0.2) is 34.5 Å². The van der Waals surface area contributed by atoms with Crippen LogP contribution in [0.5, 0.6) is 0 Å². The van der Waals surface area contributed by atoms with Gasteiger partial charge in [0.1, 0.15) is 0 Å². The smallest absolute Gasteiger partial charge is 0.250 e. The van der Waals surface area contributed by atoms with E-state index in [1.165, 1.54) is 0 Å². The Hall–Kier alpha value is -2.94. The number of H-pyrrole nitrogens is 1. The summed E-state index contributed by atoms with van der Waals surface area (Å²) in [6.07, 6.45) is 0. The summed E-state index contributed by atoms with van der Waals surface area (Å²) in [4.78, 5) is 17.3. The molecule has 6 nitrogen and oxygen atoms in total. The molecular weight excluding hydrogens is 314 g/mol. The van der Waals surface area contributed by atoms with E-state index in [9.17, 15) is 10.1 Å². The Kier molecular flexibility index (Phi) is 3.13. The zero-order valence-electron chi connectivity index (χ0n) is 14.6. The lowest BCUT2D eigenvalue weighted by Crippen LogP contribution is -2.38. The van der Waals surface area contributed by atoms with Crippen LogP contribution >= 0.6 is 0 Å². The number of fused-ring (bicyclic) bond motifs is 1. The van der Waals surface area contributed by atoms with Crippen molar-refractivity contribution in [2.45, 2.75) is 39.2 Å². The molecule has 4 rings (SSSR count). The molecule has 2 N–H and O–H groups in total. The molecule has 1 aromatic heterocycles. The molecule has 0 bridgehead atoms. The number of aliphatic imine (C=N–C) groups is 1. The second kappa shape index (κ2) is 5.03. The summed E-state index contributed by atoms with van der Waals surface area (Å²) >= 11 is 0. The fourth-order valence-electron chi connectivity index (χ4n) is 3.87. The van der Waals surface area contributed by atoms with Gasteiger partial charge in [0, 0.05) is 28.3 Å². The number of aromatic nitrogens is 2. The number of nitrogens with zero attached hydrogens (tertiary/aromatic N) is 3. The van der Waals surface area contributed by atoms with Gasteiger partial charge in [0.15, 0.2) is 0 Å². The average molecular weight is 333 g/mol. The number of aromatic amines is 1. The van der Waals surface area contributed by atoms with Crippen molar-refractivity contribution in [3.8, 4) is 6.07 Å². The van der Waals surface area contributed by atoms with Gasteiger partial charge < -0.3 is 5.32 Å². The molecule has 2 unspecified atom stereocenters. The highest BCUT2D eigenvalue weighted by Crippen LogP contribution is 2.45. The first-order chi connectivity index (χ1) is 11.8. The summed E-state index contributed by atoms with van der Waals surface area (Å²) < 4.78 is 0. The van der Waals surface area contributed by atoms with Gasteiger partial charge in [-0.1, -0.05) is 6.07 Å². The highest BCUT2D eigenvalue weighted by atomic mass is 16.2. The van der Waals surface area contributed by atoms with Crippen LogP contribution in [0.2, 0.25) is 0 Å². The lowest BCUT2D eigenvalue weighted by molar-refractivity contribution is -0.117. The zero-order valence-corrected chi connectivity index (χ0v) is 14.6. The molecule has 0 radical (unpaired) electrons. The van der Waals surface area contributed by atoms with Crippen LogP contribution in [0.3, 0.4) is 0 Å². The maximum Gasteiger partial charge on any atom is 0.250 e. The monoisotopic (exact) mass is 333 g/mol. The number of benzene rings is 1. The number of amides is 1. The van der Waals surface area contributed by atoms with E-state index < -0.39 is 11.5 Å². The highest BCUT2D eigenvalue weighted by molar-refractivity contribution is 6.04. The predicted molar refractivity (Wildman–Crippen MR) is 95.0 cm³/mol. The van der Waals surface area contributed by atoms with E-state index in [4.69, 9.17) is 0 Å². The van der Waals surface area contributed by atoms with Crippen molar-refractivity contribution in [1.82, 2.24) is 15.5 Å². The van der Waals surface area contributed by atoms with E-state index in [1.54, 1.807) is 0 Å². The Morgan fingerprint density at radius 1 is 1.28 bits per heavy atom. The van der Waals surface area contributed by atoms with Crippen LogP contribution in [0.4, 0.5) is 0 Å². The van der Waals surface area contributed by atoms with Crippen LogP contribution in [0.25, 0.3) is 10.9 Å². The molecule has 1 amide bonds. The Bertz CT molecular complexity index is 1020. The molecule has 2 aromatic rings. The first kappa shape index (κ1) is 15.6. The van der Waals surface area contributed by atoms with E-state index >= 15 is 0 Å². The third-order valence-electron chi connectivity index (χ3n) is 5.17. The minimum atomic E-state index is -0.526. The van der Waals surface area contributed by atoms with Crippen LogP contribution in [0, 0.1) is 24.2 Å². The van der Waals surface area contributed by atoms with Crippen molar-refractivity contribution in [1.29, 1.82) is 5.26 Å². The molecule has 0 saturated carbocycles. The van der Waals surface area contributed by atoms with E-state index in [0.717, 1.165) is 33.6 Å². The number of hydrogen-bond acceptors (Lipinski definition) is 4. The maximum atomic E-state index is 12.7. The molecule has 2 atom stereocenters. The minimum Gasteiger partial charge on any atom is -0.342 e. The van der Waals surface area contributed by atoms with Gasteiger partial charge in [0.05, 0.1) is 28.7 Å². The summed E-state index contributed by atoms with van der Waals surface area (Å²) in [5.41, 5.74) is 4.37. The van der Waals surface area contributed by atoms with Gasteiger partial charge in [-0.15, -0.1) is 0 Å². The molecule has 6 heteroatoms. The first-order valence-corrected chi connectivity index (χ1v) is 8.30. The van der Waals surface area contributed by atoms with E-state index in [2.05, 4.69) is 26.6 Å². The number of aryl methyl sites for hydroxylation is 1. The zero-order chi connectivity index (χ0) is 17.9. The lowest BCUT2D eigenvalue weighted by Gasteiger charge is -2.29. The fourth-order valence-corrected chi connectivity index (χ4v) is 3.87. The standard InChI is InChI=1S/C19H19N5O/c1-9-13(8-20)15(16-17(21-9)19(3,4)22-18(16)25)11-5-6-14-12(7-11)10(2)23-24-14/h5-7,13,15H,1-4H3,(H,22,25)(H,23,24). The van der Waals surface area contributed by atoms with Crippen molar-refractivity contribution in [2.24, 2.45) is 10.9 Å². The van der Waals surface area contributed by atoms with Crippen molar-refractivity contribution < 1.29 is 4.79 Å². The molecule has 2 aliphatic heterocycles. The number of hydrogen-bond donors (Lipinski definition) is 2. The molecule has 3 heterocycles. The number of rotatable bonds is 1. The van der Waals surface area contributed by atoms with Gasteiger partial charge >= 0.3 is 0 Å². The van der Waals surface area contributed by atoms with E-state index in [1.807, 2.05) is 45.9 Å². The summed E-state index contributed by atoms with van der Waals surface area (Å²) in [5.74, 6) is -0.911. The number of carbonyl (C=O) groups excluding carboxylic acids is 1. The maximum absolute atomic E-state index is 12.7. The molecule has 0 saturated heterocycles. The molecule has 126 valence electrons. The summed E-state index contributed by atoms with van der Waals surface area (Å²) in [6.45, 7) is 7.71. The van der Waals surface area contributed by atoms with Crippen molar-refractivity contribution in [2.75, 3.05) is 0 Å². The van der Waals surface area contributed by atoms with Crippen LogP contribution in [-0.4, -0.2) is 27.4 Å².